The second kappa shape index (κ2) is 6.91. The van der Waals surface area contributed by atoms with E-state index < -0.39 is 0 Å². The normalized spacial score (nSPS) is 12.7. The topological polar surface area (TPSA) is 57.5 Å². The third-order valence-electron chi connectivity index (χ3n) is 3.87. The molecule has 0 saturated carbocycles. The highest BCUT2D eigenvalue weighted by atomic mass is 16.7. The van der Waals surface area contributed by atoms with Crippen molar-refractivity contribution in [3.8, 4) is 17.2 Å². The fourth-order valence-electron chi connectivity index (χ4n) is 2.77. The first-order chi connectivity index (χ1) is 11.2. The van der Waals surface area contributed by atoms with Gasteiger partial charge in [0.15, 0.2) is 11.5 Å². The molecule has 23 heavy (non-hydrogen) atoms. The number of fused-ring (bicyclic) bond motifs is 1. The van der Waals surface area contributed by atoms with Crippen LogP contribution in [0.2, 0.25) is 0 Å². The smallest absolute Gasteiger partial charge is 0.231 e. The van der Waals surface area contributed by atoms with Crippen molar-refractivity contribution >= 4 is 0 Å². The maximum absolute atomic E-state index is 5.44. The molecule has 3 rings (SSSR count). The first kappa shape index (κ1) is 15.7. The van der Waals surface area contributed by atoms with Crippen molar-refractivity contribution in [1.29, 1.82) is 0 Å². The van der Waals surface area contributed by atoms with Gasteiger partial charge in [0.1, 0.15) is 0 Å². The van der Waals surface area contributed by atoms with Gasteiger partial charge >= 0.3 is 0 Å². The Bertz CT molecular complexity index is 682. The van der Waals surface area contributed by atoms with E-state index >= 15 is 0 Å². The van der Waals surface area contributed by atoms with Crippen LogP contribution >= 0.6 is 0 Å². The number of hydrogen-bond acceptors (Lipinski definition) is 5. The molecule has 1 N–H and O–H groups in total. The van der Waals surface area contributed by atoms with Crippen molar-refractivity contribution in [2.45, 2.75) is 33.4 Å². The highest BCUT2D eigenvalue weighted by Gasteiger charge is 2.19. The Labute approximate surface area is 136 Å². The number of methoxy groups -OCH3 is 1. The Kier molecular flexibility index (Phi) is 4.71. The lowest BCUT2D eigenvalue weighted by molar-refractivity contribution is 0.171. The highest BCUT2D eigenvalue weighted by Crippen LogP contribution is 2.41. The van der Waals surface area contributed by atoms with Crippen molar-refractivity contribution in [1.82, 2.24) is 15.1 Å². The first-order valence-electron chi connectivity index (χ1n) is 7.85. The molecule has 124 valence electrons. The van der Waals surface area contributed by atoms with Gasteiger partial charge in [-0.25, -0.2) is 0 Å². The minimum atomic E-state index is 0.255. The van der Waals surface area contributed by atoms with E-state index in [-0.39, 0.29) is 6.79 Å². The second-order valence-corrected chi connectivity index (χ2v) is 5.71. The predicted octanol–water partition coefficient (Wildman–Crippen LogP) is 2.42. The molecule has 1 aromatic heterocycles. The van der Waals surface area contributed by atoms with Crippen molar-refractivity contribution in [3.63, 3.8) is 0 Å². The van der Waals surface area contributed by atoms with E-state index in [9.17, 15) is 0 Å². The molecule has 0 amide bonds. The third-order valence-corrected chi connectivity index (χ3v) is 3.87. The molecule has 0 aliphatic carbocycles. The molecule has 1 aliphatic rings. The number of ether oxygens (including phenoxy) is 3. The minimum absolute atomic E-state index is 0.255. The first-order valence-corrected chi connectivity index (χ1v) is 7.85. The van der Waals surface area contributed by atoms with E-state index in [1.807, 2.05) is 19.1 Å². The number of nitrogens with zero attached hydrogens (tertiary/aromatic N) is 2. The maximum atomic E-state index is 5.44. The molecule has 2 aromatic rings. The van der Waals surface area contributed by atoms with Gasteiger partial charge in [-0.2, -0.15) is 5.10 Å². The Balaban J connectivity index is 1.48. The quantitative estimate of drug-likeness (QED) is 0.795. The molecule has 1 aliphatic heterocycles. The van der Waals surface area contributed by atoms with Crippen LogP contribution in [0.1, 0.15) is 23.4 Å². The van der Waals surface area contributed by atoms with Gasteiger partial charge in [0.05, 0.1) is 12.8 Å². The number of rotatable bonds is 7. The van der Waals surface area contributed by atoms with Gasteiger partial charge in [-0.05, 0) is 50.6 Å². The molecule has 0 unspecified atom stereocenters. The van der Waals surface area contributed by atoms with Crippen molar-refractivity contribution in [2.75, 3.05) is 20.4 Å². The fourth-order valence-corrected chi connectivity index (χ4v) is 2.77. The van der Waals surface area contributed by atoms with Gasteiger partial charge in [0, 0.05) is 18.8 Å². The molecule has 0 bridgehead atoms. The molecule has 2 heterocycles. The third kappa shape index (κ3) is 3.59. The number of benzene rings is 1. The van der Waals surface area contributed by atoms with E-state index in [0.717, 1.165) is 48.8 Å². The van der Waals surface area contributed by atoms with Gasteiger partial charge in [-0.15, -0.1) is 0 Å². The molecule has 0 atom stereocenters. The zero-order chi connectivity index (χ0) is 16.2. The van der Waals surface area contributed by atoms with Gasteiger partial charge in [0.2, 0.25) is 12.5 Å². The zero-order valence-corrected chi connectivity index (χ0v) is 13.9. The van der Waals surface area contributed by atoms with Gasteiger partial charge in [0.25, 0.3) is 0 Å². The van der Waals surface area contributed by atoms with E-state index in [0.29, 0.717) is 5.75 Å². The molecule has 0 fully saturated rings. The summed E-state index contributed by atoms with van der Waals surface area (Å²) in [5.74, 6) is 2.17. The summed E-state index contributed by atoms with van der Waals surface area (Å²) in [5, 5.41) is 7.92. The lowest BCUT2D eigenvalue weighted by atomic mass is 10.2. The lowest BCUT2D eigenvalue weighted by Crippen LogP contribution is -2.17. The lowest BCUT2D eigenvalue weighted by Gasteiger charge is -2.10. The summed E-state index contributed by atoms with van der Waals surface area (Å²) in [6, 6.07) is 6.09. The largest absolute Gasteiger partial charge is 0.493 e. The molecule has 0 radical (unpaired) electrons. The van der Waals surface area contributed by atoms with Gasteiger partial charge in [-0.1, -0.05) is 0 Å². The van der Waals surface area contributed by atoms with Crippen molar-refractivity contribution < 1.29 is 14.2 Å². The maximum Gasteiger partial charge on any atom is 0.231 e. The average Bonchev–Trinajstić information content (AvgIpc) is 3.12. The number of aromatic nitrogens is 2. The average molecular weight is 317 g/mol. The Morgan fingerprint density at radius 1 is 1.26 bits per heavy atom. The number of nitrogens with one attached hydrogen (secondary N) is 1. The number of hydrogen-bond donors (Lipinski definition) is 1. The Morgan fingerprint density at radius 2 is 2.13 bits per heavy atom. The highest BCUT2D eigenvalue weighted by molar-refractivity contribution is 5.55. The standard InChI is InChI=1S/C17H23N3O3/c1-12-7-13(2)20(19-12)6-4-5-18-10-14-8-15(21-3)17-16(9-14)22-11-23-17/h7-9,18H,4-6,10-11H2,1-3H3. The molecule has 6 nitrogen and oxygen atoms in total. The van der Waals surface area contributed by atoms with Crippen LogP contribution in [0.25, 0.3) is 0 Å². The Hall–Kier alpha value is -2.21. The summed E-state index contributed by atoms with van der Waals surface area (Å²) >= 11 is 0. The predicted molar refractivity (Wildman–Crippen MR) is 87.1 cm³/mol. The monoisotopic (exact) mass is 317 g/mol. The summed E-state index contributed by atoms with van der Waals surface area (Å²) in [5.41, 5.74) is 3.41. The van der Waals surface area contributed by atoms with Crippen LogP contribution in [0.3, 0.4) is 0 Å². The van der Waals surface area contributed by atoms with E-state index in [4.69, 9.17) is 14.2 Å². The van der Waals surface area contributed by atoms with Crippen LogP contribution in [0.4, 0.5) is 0 Å². The molecular formula is C17H23N3O3. The molecule has 0 spiro atoms. The summed E-state index contributed by atoms with van der Waals surface area (Å²) in [7, 11) is 1.64. The molecular weight excluding hydrogens is 294 g/mol. The Morgan fingerprint density at radius 3 is 2.87 bits per heavy atom. The molecule has 0 saturated heterocycles. The number of aryl methyl sites for hydroxylation is 3. The van der Waals surface area contributed by atoms with Crippen LogP contribution in [-0.4, -0.2) is 30.2 Å². The van der Waals surface area contributed by atoms with Crippen LogP contribution in [0.5, 0.6) is 17.2 Å². The van der Waals surface area contributed by atoms with Crippen molar-refractivity contribution in [2.24, 2.45) is 0 Å². The van der Waals surface area contributed by atoms with Crippen LogP contribution in [-0.2, 0) is 13.1 Å². The second-order valence-electron chi connectivity index (χ2n) is 5.71. The fraction of sp³-hybridized carbons (Fsp3) is 0.471. The van der Waals surface area contributed by atoms with E-state index in [2.05, 4.69) is 28.1 Å². The summed E-state index contributed by atoms with van der Waals surface area (Å²) < 4.78 is 18.3. The van der Waals surface area contributed by atoms with Crippen LogP contribution < -0.4 is 19.5 Å². The molecule has 6 heteroatoms. The van der Waals surface area contributed by atoms with E-state index in [1.165, 1.54) is 5.69 Å². The summed E-state index contributed by atoms with van der Waals surface area (Å²) in [4.78, 5) is 0. The minimum Gasteiger partial charge on any atom is -0.493 e. The van der Waals surface area contributed by atoms with E-state index in [1.54, 1.807) is 7.11 Å². The summed E-state index contributed by atoms with van der Waals surface area (Å²) in [6.07, 6.45) is 1.03. The van der Waals surface area contributed by atoms with Crippen LogP contribution in [0, 0.1) is 13.8 Å². The van der Waals surface area contributed by atoms with Gasteiger partial charge < -0.3 is 19.5 Å². The SMILES string of the molecule is COc1cc(CNCCCn2nc(C)cc2C)cc2c1OCO2. The summed E-state index contributed by atoms with van der Waals surface area (Å²) in [6.45, 7) is 6.99. The van der Waals surface area contributed by atoms with Crippen LogP contribution in [0.15, 0.2) is 18.2 Å². The zero-order valence-electron chi connectivity index (χ0n) is 13.9. The van der Waals surface area contributed by atoms with Crippen molar-refractivity contribution in [3.05, 3.63) is 35.2 Å². The molecule has 1 aromatic carbocycles. The van der Waals surface area contributed by atoms with Gasteiger partial charge in [-0.3, -0.25) is 4.68 Å².